The van der Waals surface area contributed by atoms with Crippen molar-refractivity contribution in [1.29, 1.82) is 0 Å². The van der Waals surface area contributed by atoms with Gasteiger partial charge in [0.1, 0.15) is 34.4 Å². The van der Waals surface area contributed by atoms with E-state index in [-0.39, 0.29) is 48.1 Å². The van der Waals surface area contributed by atoms with Gasteiger partial charge in [0.2, 0.25) is 12.3 Å². The maximum Gasteiger partial charge on any atom is 0.414 e. The summed E-state index contributed by atoms with van der Waals surface area (Å²) in [4.78, 5) is 112. The number of furan rings is 1. The Bertz CT molecular complexity index is 2290. The number of ether oxygens (including phenoxy) is 4. The predicted octanol–water partition coefficient (Wildman–Crippen LogP) is 7.90. The van der Waals surface area contributed by atoms with Crippen molar-refractivity contribution in [2.45, 2.75) is 150 Å². The zero-order chi connectivity index (χ0) is 52.6. The molecular weight excluding hydrogens is 907 g/mol. The summed E-state index contributed by atoms with van der Waals surface area (Å²) in [5, 5.41) is 8.75. The fourth-order valence-corrected chi connectivity index (χ4v) is 6.86. The lowest BCUT2D eigenvalue weighted by molar-refractivity contribution is -0.171. The van der Waals surface area contributed by atoms with Gasteiger partial charge in [0.25, 0.3) is 11.8 Å². The third-order valence-corrected chi connectivity index (χ3v) is 10.1. The summed E-state index contributed by atoms with van der Waals surface area (Å²) < 4.78 is 27.9. The van der Waals surface area contributed by atoms with Gasteiger partial charge in [0.05, 0.1) is 42.8 Å². The van der Waals surface area contributed by atoms with Crippen LogP contribution in [0.4, 0.5) is 10.5 Å². The minimum absolute atomic E-state index is 0.0487. The molecule has 1 heterocycles. The van der Waals surface area contributed by atoms with Crippen molar-refractivity contribution in [1.82, 2.24) is 21.0 Å². The average Bonchev–Trinajstić information content (AvgIpc) is 3.77. The summed E-state index contributed by atoms with van der Waals surface area (Å²) >= 11 is 0. The van der Waals surface area contributed by atoms with Crippen LogP contribution in [0.25, 0.3) is 11.3 Å². The Morgan fingerprint density at radius 3 is 1.97 bits per heavy atom. The minimum Gasteiger partial charge on any atom is -0.493 e. The molecule has 0 saturated heterocycles. The van der Waals surface area contributed by atoms with E-state index in [1.807, 2.05) is 6.92 Å². The van der Waals surface area contributed by atoms with Gasteiger partial charge in [-0.05, 0) is 131 Å². The molecule has 0 radical (unpaired) electrons. The number of unbranched alkanes of at least 4 members (excludes halogenated alkanes) is 2. The van der Waals surface area contributed by atoms with Crippen LogP contribution in [0.1, 0.15) is 153 Å². The summed E-state index contributed by atoms with van der Waals surface area (Å²) in [6.45, 7) is 20.6. The summed E-state index contributed by atoms with van der Waals surface area (Å²) in [7, 11) is 1.53. The monoisotopic (exact) mass is 977 g/mol. The van der Waals surface area contributed by atoms with Crippen molar-refractivity contribution >= 4 is 53.8 Å². The molecule has 0 aliphatic carbocycles. The Kier molecular flexibility index (Phi) is 21.0. The maximum atomic E-state index is 13.8. The first kappa shape index (κ1) is 57.4. The standard InChI is InChI=1S/C51H71N5O14/c1-14-17-18-19-35(38(15-2)56(31-57)70-46(62)32-20-23-34(24-21-32)55(13)48(64)69-51(10,11)12)43(59)52-30-53-45(61)40-27-26-39(66-40)33-22-25-36(41(28-33)65-16-3)44(60)54-37(47(63)68-50(7,8)9)29-42(58)67-49(4,5)6/h20-28,31,35,37-38H,14-19,29-30H2,1-13H3,(H,52,59)(H,53,61)(H,54,60)/t35?,37?,38-/m1/s1. The van der Waals surface area contributed by atoms with E-state index in [9.17, 15) is 38.4 Å². The van der Waals surface area contributed by atoms with Gasteiger partial charge in [-0.3, -0.25) is 28.9 Å². The quantitative estimate of drug-likeness (QED) is 0.0205. The SMILES string of the molecule is CCCCCC(C(=O)NCNC(=O)c1ccc(-c2ccc(C(=O)NC(CC(=O)OC(C)(C)C)C(=O)OC(C)(C)C)c(OCC)c2)o1)[C@@H](CC)N(C=O)OC(=O)c1ccc(N(C)C(=O)OC(C)(C)C)cc1. The van der Waals surface area contributed by atoms with Crippen LogP contribution in [0.3, 0.4) is 0 Å². The number of hydrogen-bond acceptors (Lipinski definition) is 14. The molecular formula is C51H71N5O14. The van der Waals surface area contributed by atoms with Crippen molar-refractivity contribution in [3.05, 3.63) is 71.5 Å². The Balaban J connectivity index is 1.72. The molecule has 0 saturated carbocycles. The van der Waals surface area contributed by atoms with Gasteiger partial charge in [-0.25, -0.2) is 14.4 Å². The summed E-state index contributed by atoms with van der Waals surface area (Å²) in [6, 6.07) is 11.2. The molecule has 3 N–H and O–H groups in total. The topological polar surface area (TPSA) is 238 Å². The summed E-state index contributed by atoms with van der Waals surface area (Å²) in [6.07, 6.45) is 2.18. The Labute approximate surface area is 410 Å². The fourth-order valence-electron chi connectivity index (χ4n) is 6.86. The number of anilines is 1. The van der Waals surface area contributed by atoms with E-state index in [4.69, 9.17) is 28.2 Å². The molecule has 0 aliphatic heterocycles. The molecule has 3 atom stereocenters. The first-order chi connectivity index (χ1) is 32.7. The number of nitrogens with zero attached hydrogens (tertiary/aromatic N) is 2. The molecule has 0 aliphatic rings. The fraction of sp³-hybridized carbons (Fsp3) is 0.529. The molecule has 1 aromatic heterocycles. The molecule has 0 fully saturated rings. The molecule has 3 rings (SSSR count). The van der Waals surface area contributed by atoms with Gasteiger partial charge in [-0.2, -0.15) is 5.06 Å². The number of rotatable bonds is 23. The van der Waals surface area contributed by atoms with Crippen molar-refractivity contribution in [3.63, 3.8) is 0 Å². The van der Waals surface area contributed by atoms with Gasteiger partial charge in [0, 0.05) is 18.3 Å². The highest BCUT2D eigenvalue weighted by Gasteiger charge is 2.35. The lowest BCUT2D eigenvalue weighted by Gasteiger charge is -2.31. The molecule has 3 aromatic rings. The number of benzene rings is 2. The number of hydrogen-bond donors (Lipinski definition) is 3. The molecule has 0 spiro atoms. The molecule has 0 bridgehead atoms. The van der Waals surface area contributed by atoms with E-state index in [1.165, 1.54) is 54.4 Å². The third-order valence-electron chi connectivity index (χ3n) is 10.1. The lowest BCUT2D eigenvalue weighted by atomic mass is 9.90. The van der Waals surface area contributed by atoms with Gasteiger partial charge >= 0.3 is 24.0 Å². The van der Waals surface area contributed by atoms with Gasteiger partial charge in [0.15, 0.2) is 5.76 Å². The number of carbonyl (C=O) groups excluding carboxylic acids is 8. The Morgan fingerprint density at radius 1 is 0.757 bits per heavy atom. The van der Waals surface area contributed by atoms with E-state index in [2.05, 4.69) is 16.0 Å². The average molecular weight is 978 g/mol. The first-order valence-corrected chi connectivity index (χ1v) is 23.4. The Morgan fingerprint density at radius 2 is 1.40 bits per heavy atom. The smallest absolute Gasteiger partial charge is 0.414 e. The molecule has 19 nitrogen and oxygen atoms in total. The lowest BCUT2D eigenvalue weighted by Crippen LogP contribution is -2.49. The van der Waals surface area contributed by atoms with Gasteiger partial charge in [-0.1, -0.05) is 39.2 Å². The van der Waals surface area contributed by atoms with E-state index in [1.54, 1.807) is 88.3 Å². The van der Waals surface area contributed by atoms with Crippen LogP contribution >= 0.6 is 0 Å². The molecule has 2 aromatic carbocycles. The molecule has 19 heteroatoms. The largest absolute Gasteiger partial charge is 0.493 e. The van der Waals surface area contributed by atoms with Crippen LogP contribution in [-0.2, 0) is 38.2 Å². The first-order valence-electron chi connectivity index (χ1n) is 23.4. The highest BCUT2D eigenvalue weighted by atomic mass is 16.7. The zero-order valence-electron chi connectivity index (χ0n) is 42.8. The second kappa shape index (κ2) is 25.6. The van der Waals surface area contributed by atoms with E-state index in [0.29, 0.717) is 30.5 Å². The van der Waals surface area contributed by atoms with E-state index >= 15 is 0 Å². The zero-order valence-corrected chi connectivity index (χ0v) is 42.8. The third kappa shape index (κ3) is 18.2. The van der Waals surface area contributed by atoms with Crippen molar-refractivity contribution in [2.75, 3.05) is 25.2 Å². The number of nitrogens with one attached hydrogen (secondary N) is 3. The number of hydroxylamine groups is 2. The van der Waals surface area contributed by atoms with Gasteiger partial charge < -0.3 is 44.2 Å². The second-order valence-electron chi connectivity index (χ2n) is 19.4. The maximum absolute atomic E-state index is 13.8. The normalized spacial score (nSPS) is 12.8. The van der Waals surface area contributed by atoms with E-state index < -0.39 is 82.9 Å². The van der Waals surface area contributed by atoms with Crippen LogP contribution in [0.15, 0.2) is 59.0 Å². The minimum atomic E-state index is -1.37. The van der Waals surface area contributed by atoms with Crippen LogP contribution in [0, 0.1) is 5.92 Å². The molecule has 5 amide bonds. The van der Waals surface area contributed by atoms with Crippen molar-refractivity contribution < 1.29 is 66.6 Å². The summed E-state index contributed by atoms with van der Waals surface area (Å²) in [5.74, 6) is -4.82. The number of esters is 2. The molecule has 2 unspecified atom stereocenters. The molecule has 384 valence electrons. The predicted molar refractivity (Wildman–Crippen MR) is 259 cm³/mol. The molecule has 70 heavy (non-hydrogen) atoms. The second-order valence-corrected chi connectivity index (χ2v) is 19.4. The van der Waals surface area contributed by atoms with Crippen LogP contribution in [-0.4, -0.2) is 102 Å². The number of amides is 5. The van der Waals surface area contributed by atoms with E-state index in [0.717, 1.165) is 17.9 Å². The van der Waals surface area contributed by atoms with Crippen molar-refractivity contribution in [2.24, 2.45) is 5.92 Å². The van der Waals surface area contributed by atoms with Gasteiger partial charge in [-0.15, -0.1) is 0 Å². The van der Waals surface area contributed by atoms with Crippen LogP contribution < -0.4 is 25.6 Å². The highest BCUT2D eigenvalue weighted by Crippen LogP contribution is 2.30. The van der Waals surface area contributed by atoms with Crippen LogP contribution in [0.2, 0.25) is 0 Å². The number of carbonyl (C=O) groups is 8. The Hall–Kier alpha value is -6.92. The van der Waals surface area contributed by atoms with Crippen LogP contribution in [0.5, 0.6) is 5.75 Å². The highest BCUT2D eigenvalue weighted by molar-refractivity contribution is 6.00. The van der Waals surface area contributed by atoms with Crippen molar-refractivity contribution in [3.8, 4) is 17.1 Å². The summed E-state index contributed by atoms with van der Waals surface area (Å²) in [5.41, 5.74) is -1.41.